The Morgan fingerprint density at radius 2 is 2.06 bits per heavy atom. The SMILES string of the molecule is C=C(/C=C\C)C(C)N=C(NN)c1ccccc1. The van der Waals surface area contributed by atoms with Gasteiger partial charge in [-0.1, -0.05) is 49.1 Å². The van der Waals surface area contributed by atoms with Gasteiger partial charge in [-0.25, -0.2) is 5.84 Å². The highest BCUT2D eigenvalue weighted by Gasteiger charge is 2.05. The fraction of sp³-hybridized carbons (Fsp3) is 0.214. The maximum atomic E-state index is 5.50. The van der Waals surface area contributed by atoms with Crippen LogP contribution in [0.2, 0.25) is 0 Å². The zero-order valence-electron chi connectivity index (χ0n) is 10.4. The van der Waals surface area contributed by atoms with Crippen LogP contribution in [0.5, 0.6) is 0 Å². The van der Waals surface area contributed by atoms with Crippen LogP contribution in [0, 0.1) is 0 Å². The monoisotopic (exact) mass is 229 g/mol. The van der Waals surface area contributed by atoms with Crippen LogP contribution in [0.15, 0.2) is 59.6 Å². The van der Waals surface area contributed by atoms with Crippen molar-refractivity contribution >= 4 is 5.84 Å². The van der Waals surface area contributed by atoms with E-state index in [2.05, 4.69) is 17.0 Å². The number of nitrogens with one attached hydrogen (secondary N) is 1. The lowest BCUT2D eigenvalue weighted by Gasteiger charge is -2.11. The molecule has 1 rings (SSSR count). The molecular formula is C14H19N3. The number of nitrogens with two attached hydrogens (primary N) is 1. The number of hydrogen-bond acceptors (Lipinski definition) is 2. The van der Waals surface area contributed by atoms with Crippen LogP contribution < -0.4 is 11.3 Å². The van der Waals surface area contributed by atoms with Crippen LogP contribution in [0.4, 0.5) is 0 Å². The Labute approximate surface area is 103 Å². The molecule has 1 atom stereocenters. The number of hydrazine groups is 1. The normalized spacial score (nSPS) is 13.7. The largest absolute Gasteiger partial charge is 0.308 e. The van der Waals surface area contributed by atoms with E-state index in [1.807, 2.05) is 56.3 Å². The van der Waals surface area contributed by atoms with Gasteiger partial charge in [0.25, 0.3) is 0 Å². The Hall–Kier alpha value is -1.87. The predicted molar refractivity (Wildman–Crippen MR) is 73.7 cm³/mol. The molecule has 0 aliphatic rings. The minimum atomic E-state index is -0.00236. The van der Waals surface area contributed by atoms with Gasteiger partial charge >= 0.3 is 0 Å². The summed E-state index contributed by atoms with van der Waals surface area (Å²) in [5, 5.41) is 0. The van der Waals surface area contributed by atoms with Crippen molar-refractivity contribution in [2.45, 2.75) is 19.9 Å². The van der Waals surface area contributed by atoms with Gasteiger partial charge in [0.2, 0.25) is 0 Å². The number of benzene rings is 1. The maximum absolute atomic E-state index is 5.50. The highest BCUT2D eigenvalue weighted by atomic mass is 15.3. The summed E-state index contributed by atoms with van der Waals surface area (Å²) in [7, 11) is 0. The first kappa shape index (κ1) is 13.2. The van der Waals surface area contributed by atoms with Crippen molar-refractivity contribution in [3.63, 3.8) is 0 Å². The van der Waals surface area contributed by atoms with Gasteiger partial charge in [-0.05, 0) is 19.4 Å². The van der Waals surface area contributed by atoms with Crippen LogP contribution in [-0.4, -0.2) is 11.9 Å². The zero-order chi connectivity index (χ0) is 12.7. The quantitative estimate of drug-likeness (QED) is 0.274. The minimum absolute atomic E-state index is 0.00236. The fourth-order valence-corrected chi connectivity index (χ4v) is 1.42. The number of aliphatic imine (C=N–C) groups is 1. The number of allylic oxidation sites excluding steroid dienone is 1. The van der Waals surface area contributed by atoms with E-state index in [-0.39, 0.29) is 6.04 Å². The number of rotatable bonds is 4. The number of amidine groups is 1. The maximum Gasteiger partial charge on any atom is 0.143 e. The second-order valence-electron chi connectivity index (χ2n) is 3.74. The molecule has 0 saturated carbocycles. The third kappa shape index (κ3) is 3.89. The summed E-state index contributed by atoms with van der Waals surface area (Å²) in [6.07, 6.45) is 3.90. The summed E-state index contributed by atoms with van der Waals surface area (Å²) < 4.78 is 0. The molecule has 1 aromatic rings. The van der Waals surface area contributed by atoms with Crippen molar-refractivity contribution in [2.75, 3.05) is 0 Å². The van der Waals surface area contributed by atoms with Crippen LogP contribution in [0.1, 0.15) is 19.4 Å². The topological polar surface area (TPSA) is 50.4 Å². The predicted octanol–water partition coefficient (Wildman–Crippen LogP) is 2.42. The third-order valence-corrected chi connectivity index (χ3v) is 2.42. The van der Waals surface area contributed by atoms with E-state index in [1.54, 1.807) is 0 Å². The van der Waals surface area contributed by atoms with Crippen LogP contribution in [-0.2, 0) is 0 Å². The number of nitrogens with zero attached hydrogens (tertiary/aromatic N) is 1. The van der Waals surface area contributed by atoms with Crippen molar-refractivity contribution in [1.82, 2.24) is 5.43 Å². The lowest BCUT2D eigenvalue weighted by Crippen LogP contribution is -2.32. The second kappa shape index (κ2) is 6.66. The molecule has 1 aromatic carbocycles. The standard InChI is InChI=1S/C14H19N3/c1-4-8-11(2)12(3)16-14(17-15)13-9-6-5-7-10-13/h4-10,12H,2,15H2,1,3H3,(H,16,17)/b8-4-. The van der Waals surface area contributed by atoms with Gasteiger partial charge in [-0.2, -0.15) is 0 Å². The molecule has 0 aromatic heterocycles. The van der Waals surface area contributed by atoms with E-state index in [0.29, 0.717) is 5.84 Å². The molecule has 3 heteroatoms. The van der Waals surface area contributed by atoms with Crippen molar-refractivity contribution in [1.29, 1.82) is 0 Å². The average molecular weight is 229 g/mol. The molecule has 0 fully saturated rings. The van der Waals surface area contributed by atoms with E-state index < -0.39 is 0 Å². The van der Waals surface area contributed by atoms with Crippen LogP contribution >= 0.6 is 0 Å². The minimum Gasteiger partial charge on any atom is -0.308 e. The molecule has 0 amide bonds. The molecule has 0 aliphatic carbocycles. The summed E-state index contributed by atoms with van der Waals surface area (Å²) in [5.74, 6) is 6.17. The molecule has 3 nitrogen and oxygen atoms in total. The van der Waals surface area contributed by atoms with Gasteiger partial charge in [0.1, 0.15) is 5.84 Å². The lowest BCUT2D eigenvalue weighted by atomic mass is 10.1. The first-order valence-electron chi connectivity index (χ1n) is 5.60. The Balaban J connectivity index is 2.91. The van der Waals surface area contributed by atoms with Gasteiger partial charge < -0.3 is 5.43 Å². The molecule has 0 bridgehead atoms. The van der Waals surface area contributed by atoms with Crippen molar-refractivity contribution in [3.05, 3.63) is 60.2 Å². The molecule has 0 radical (unpaired) electrons. The molecule has 90 valence electrons. The second-order valence-corrected chi connectivity index (χ2v) is 3.74. The Morgan fingerprint density at radius 3 is 2.59 bits per heavy atom. The summed E-state index contributed by atoms with van der Waals surface area (Å²) >= 11 is 0. The van der Waals surface area contributed by atoms with E-state index >= 15 is 0 Å². The first-order valence-corrected chi connectivity index (χ1v) is 5.60. The lowest BCUT2D eigenvalue weighted by molar-refractivity contribution is 0.867. The van der Waals surface area contributed by atoms with Gasteiger partial charge in [0.15, 0.2) is 0 Å². The van der Waals surface area contributed by atoms with Crippen molar-refractivity contribution in [3.8, 4) is 0 Å². The van der Waals surface area contributed by atoms with E-state index in [4.69, 9.17) is 5.84 Å². The molecule has 0 saturated heterocycles. The fourth-order valence-electron chi connectivity index (χ4n) is 1.42. The van der Waals surface area contributed by atoms with Gasteiger partial charge in [-0.15, -0.1) is 0 Å². The van der Waals surface area contributed by atoms with Gasteiger partial charge in [0.05, 0.1) is 6.04 Å². The molecular weight excluding hydrogens is 210 g/mol. The molecule has 0 heterocycles. The Kier molecular flexibility index (Phi) is 5.17. The number of hydrogen-bond donors (Lipinski definition) is 2. The highest BCUT2D eigenvalue weighted by molar-refractivity contribution is 5.98. The van der Waals surface area contributed by atoms with Gasteiger partial charge in [0, 0.05) is 5.56 Å². The average Bonchev–Trinajstić information content (AvgIpc) is 2.37. The molecule has 0 spiro atoms. The first-order chi connectivity index (χ1) is 8.19. The summed E-state index contributed by atoms with van der Waals surface area (Å²) in [6, 6.07) is 9.78. The smallest absolute Gasteiger partial charge is 0.143 e. The Bertz CT molecular complexity index is 418. The summed E-state index contributed by atoms with van der Waals surface area (Å²) in [4.78, 5) is 4.51. The van der Waals surface area contributed by atoms with E-state index in [0.717, 1.165) is 11.1 Å². The molecule has 0 aliphatic heterocycles. The zero-order valence-corrected chi connectivity index (χ0v) is 10.4. The molecule has 1 unspecified atom stereocenters. The summed E-state index contributed by atoms with van der Waals surface area (Å²) in [6.45, 7) is 7.91. The molecule has 3 N–H and O–H groups in total. The molecule has 17 heavy (non-hydrogen) atoms. The third-order valence-electron chi connectivity index (χ3n) is 2.42. The van der Waals surface area contributed by atoms with E-state index in [9.17, 15) is 0 Å². The van der Waals surface area contributed by atoms with Gasteiger partial charge in [-0.3, -0.25) is 4.99 Å². The van der Waals surface area contributed by atoms with Crippen molar-refractivity contribution in [2.24, 2.45) is 10.8 Å². The van der Waals surface area contributed by atoms with Crippen molar-refractivity contribution < 1.29 is 0 Å². The van der Waals surface area contributed by atoms with Crippen LogP contribution in [0.25, 0.3) is 0 Å². The van der Waals surface area contributed by atoms with E-state index in [1.165, 1.54) is 0 Å². The van der Waals surface area contributed by atoms with Crippen LogP contribution in [0.3, 0.4) is 0 Å². The highest BCUT2D eigenvalue weighted by Crippen LogP contribution is 2.08. The Morgan fingerprint density at radius 1 is 1.41 bits per heavy atom. The summed E-state index contributed by atoms with van der Waals surface area (Å²) in [5.41, 5.74) is 4.55.